The van der Waals surface area contributed by atoms with E-state index in [1.807, 2.05) is 60.8 Å². The molecule has 0 radical (unpaired) electrons. The minimum absolute atomic E-state index is 0.00353. The molecule has 0 saturated heterocycles. The number of nitrogens with two attached hydrogens (primary N) is 2. The van der Waals surface area contributed by atoms with Crippen molar-refractivity contribution in [3.63, 3.8) is 0 Å². The molecule has 59 heavy (non-hydrogen) atoms. The van der Waals surface area contributed by atoms with Crippen LogP contribution in [0, 0.1) is 0 Å². The van der Waals surface area contributed by atoms with Gasteiger partial charge in [0, 0.05) is 39.1 Å². The van der Waals surface area contributed by atoms with E-state index in [9.17, 15) is 9.59 Å². The summed E-state index contributed by atoms with van der Waals surface area (Å²) < 4.78 is 34.6. The number of rotatable bonds is 6. The van der Waals surface area contributed by atoms with Gasteiger partial charge in [0.2, 0.25) is 0 Å². The molecule has 1 heterocycles. The SMILES string of the molecule is CN(C)CCC1COC/C=C/C/C=C/CCC(=O)OC/C=C/C/C=C/CCCOCC(CCN=C(N)N)OCCC/C=C/C/C=C/COC(=O)CC/C=C/C/C=C/CO1. The Labute approximate surface area is 355 Å². The predicted octanol–water partition coefficient (Wildman–Crippen LogP) is 7.64. The number of hydrogen-bond acceptors (Lipinski definition) is 10. The highest BCUT2D eigenvalue weighted by molar-refractivity contribution is 5.75. The molecule has 0 spiro atoms. The first-order valence-corrected chi connectivity index (χ1v) is 21.5. The van der Waals surface area contributed by atoms with Crippen LogP contribution >= 0.6 is 0 Å². The molecule has 1 aliphatic heterocycles. The van der Waals surface area contributed by atoms with Crippen LogP contribution in [0.25, 0.3) is 0 Å². The van der Waals surface area contributed by atoms with Gasteiger partial charge in [-0.3, -0.25) is 14.6 Å². The van der Waals surface area contributed by atoms with Gasteiger partial charge in [-0.15, -0.1) is 0 Å². The van der Waals surface area contributed by atoms with Crippen LogP contribution in [0.2, 0.25) is 0 Å². The first-order valence-electron chi connectivity index (χ1n) is 21.5. The standard InChI is InChI=1S/C47H76N4O8/c1-51(2)34-32-44-42-55-36-24-16-11-5-13-21-29-45(52)58-39-27-19-9-3-7-15-23-35-54-41-43(31-33-50-47(48)49)56-37-25-17-8-4-10-20-28-40-59-46(53)30-22-14-6-12-18-26-38-57-44/h3-8,13-14,16,18-20,24,26-28,43-44H,9-12,15,17,21-23,25,29-42H2,1-2H3,(H4,48,49,50)/b7-3+,8-4+,13-5+,14-6+,24-16+,26-18+,27-19+,28-20+. The van der Waals surface area contributed by atoms with Crippen molar-refractivity contribution in [2.75, 3.05) is 80.0 Å². The van der Waals surface area contributed by atoms with Crippen LogP contribution in [0.3, 0.4) is 0 Å². The molecule has 0 bridgehead atoms. The molecule has 0 aliphatic carbocycles. The van der Waals surface area contributed by atoms with Crippen LogP contribution in [0.4, 0.5) is 0 Å². The number of cyclic esters (lactones) is 2. The molecule has 0 aromatic heterocycles. The average molecular weight is 825 g/mol. The summed E-state index contributed by atoms with van der Waals surface area (Å²) in [5.74, 6) is -0.331. The van der Waals surface area contributed by atoms with Crippen molar-refractivity contribution in [2.45, 2.75) is 102 Å². The highest BCUT2D eigenvalue weighted by atomic mass is 16.5. The van der Waals surface area contributed by atoms with Gasteiger partial charge in [0.05, 0.1) is 38.6 Å². The summed E-state index contributed by atoms with van der Waals surface area (Å²) in [6.07, 6.45) is 42.7. The Bertz CT molecular complexity index is 1310. The highest BCUT2D eigenvalue weighted by Gasteiger charge is 2.10. The van der Waals surface area contributed by atoms with E-state index in [-0.39, 0.29) is 43.3 Å². The molecule has 332 valence electrons. The number of ether oxygens (including phenoxy) is 6. The molecule has 0 fully saturated rings. The summed E-state index contributed by atoms with van der Waals surface area (Å²) in [6.45, 7) is 5.27. The van der Waals surface area contributed by atoms with E-state index < -0.39 is 0 Å². The van der Waals surface area contributed by atoms with E-state index in [1.165, 1.54) is 0 Å². The summed E-state index contributed by atoms with van der Waals surface area (Å²) >= 11 is 0. The largest absolute Gasteiger partial charge is 0.461 e. The van der Waals surface area contributed by atoms with Crippen molar-refractivity contribution in [3.05, 3.63) is 97.2 Å². The van der Waals surface area contributed by atoms with Gasteiger partial charge in [-0.2, -0.15) is 0 Å². The molecule has 1 rings (SSSR count). The van der Waals surface area contributed by atoms with Crippen molar-refractivity contribution in [2.24, 2.45) is 16.5 Å². The fourth-order valence-corrected chi connectivity index (χ4v) is 5.25. The first-order chi connectivity index (χ1) is 28.9. The second-order valence-electron chi connectivity index (χ2n) is 14.2. The number of guanidine groups is 1. The number of carbonyl (C=O) groups excluding carboxylic acids is 2. The van der Waals surface area contributed by atoms with Gasteiger partial charge >= 0.3 is 11.9 Å². The lowest BCUT2D eigenvalue weighted by atomic mass is 10.2. The molecular formula is C47H76N4O8. The zero-order valence-electron chi connectivity index (χ0n) is 36.2. The van der Waals surface area contributed by atoms with E-state index in [0.29, 0.717) is 78.3 Å². The monoisotopic (exact) mass is 825 g/mol. The zero-order chi connectivity index (χ0) is 42.7. The maximum absolute atomic E-state index is 12.1. The molecule has 2 unspecified atom stereocenters. The molecule has 0 aromatic carbocycles. The maximum Gasteiger partial charge on any atom is 0.306 e. The second-order valence-corrected chi connectivity index (χ2v) is 14.2. The van der Waals surface area contributed by atoms with Gasteiger partial charge in [0.1, 0.15) is 13.2 Å². The molecule has 0 aromatic rings. The van der Waals surface area contributed by atoms with Crippen molar-refractivity contribution < 1.29 is 38.0 Å². The third-order valence-electron chi connectivity index (χ3n) is 8.55. The average Bonchev–Trinajstić information content (AvgIpc) is 3.21. The molecule has 2 atom stereocenters. The number of hydrogen-bond donors (Lipinski definition) is 2. The van der Waals surface area contributed by atoms with Crippen molar-refractivity contribution in [3.8, 4) is 0 Å². The summed E-state index contributed by atoms with van der Waals surface area (Å²) in [5, 5.41) is 0. The van der Waals surface area contributed by atoms with Gasteiger partial charge in [-0.1, -0.05) is 97.2 Å². The number of allylic oxidation sites excluding steroid dienone is 12. The Morgan fingerprint density at radius 3 is 1.61 bits per heavy atom. The van der Waals surface area contributed by atoms with Crippen LogP contribution in [-0.4, -0.2) is 115 Å². The van der Waals surface area contributed by atoms with Gasteiger partial charge in [0.25, 0.3) is 0 Å². The Morgan fingerprint density at radius 1 is 0.576 bits per heavy atom. The third-order valence-corrected chi connectivity index (χ3v) is 8.55. The van der Waals surface area contributed by atoms with E-state index >= 15 is 0 Å². The van der Waals surface area contributed by atoms with E-state index in [4.69, 9.17) is 39.9 Å². The highest BCUT2D eigenvalue weighted by Crippen LogP contribution is 2.06. The molecule has 12 nitrogen and oxygen atoms in total. The zero-order valence-corrected chi connectivity index (χ0v) is 36.2. The Morgan fingerprint density at radius 2 is 1.05 bits per heavy atom. The topological polar surface area (TPSA) is 157 Å². The van der Waals surface area contributed by atoms with E-state index in [0.717, 1.165) is 64.3 Å². The Kier molecular flexibility index (Phi) is 36.5. The van der Waals surface area contributed by atoms with Crippen LogP contribution < -0.4 is 11.5 Å². The van der Waals surface area contributed by atoms with Crippen molar-refractivity contribution in [1.29, 1.82) is 0 Å². The lowest BCUT2D eigenvalue weighted by molar-refractivity contribution is -0.143. The molecule has 1 aliphatic rings. The summed E-state index contributed by atoms with van der Waals surface area (Å²) in [4.78, 5) is 30.4. The van der Waals surface area contributed by atoms with Crippen molar-refractivity contribution in [1.82, 2.24) is 4.90 Å². The normalized spacial score (nSPS) is 25.8. The minimum Gasteiger partial charge on any atom is -0.461 e. The second kappa shape index (κ2) is 40.7. The first kappa shape index (κ1) is 52.9. The van der Waals surface area contributed by atoms with Gasteiger partial charge < -0.3 is 44.8 Å². The van der Waals surface area contributed by atoms with Crippen LogP contribution in [0.1, 0.15) is 89.9 Å². The lowest BCUT2D eigenvalue weighted by Gasteiger charge is -2.19. The van der Waals surface area contributed by atoms with Crippen molar-refractivity contribution >= 4 is 17.9 Å². The van der Waals surface area contributed by atoms with Crippen LogP contribution in [0.5, 0.6) is 0 Å². The fourth-order valence-electron chi connectivity index (χ4n) is 5.25. The Hall–Kier alpha value is -4.07. The summed E-state index contributed by atoms with van der Waals surface area (Å²) in [6, 6.07) is 0. The Balaban J connectivity index is 2.59. The lowest BCUT2D eigenvalue weighted by Crippen LogP contribution is -2.26. The van der Waals surface area contributed by atoms with E-state index in [2.05, 4.69) is 60.4 Å². The summed E-state index contributed by atoms with van der Waals surface area (Å²) in [7, 11) is 4.10. The fraction of sp³-hybridized carbons (Fsp3) is 0.596. The molecular weight excluding hydrogens is 749 g/mol. The smallest absolute Gasteiger partial charge is 0.306 e. The summed E-state index contributed by atoms with van der Waals surface area (Å²) in [5.41, 5.74) is 11.0. The maximum atomic E-state index is 12.1. The number of nitrogens with zero attached hydrogens (tertiary/aromatic N) is 2. The number of aliphatic imine (C=N–C) groups is 1. The van der Waals surface area contributed by atoms with Gasteiger partial charge in [-0.05, 0) is 91.1 Å². The van der Waals surface area contributed by atoms with Gasteiger partial charge in [0.15, 0.2) is 5.96 Å². The quantitative estimate of drug-likeness (QED) is 0.117. The number of carbonyl (C=O) groups is 2. The third kappa shape index (κ3) is 39.2. The predicted molar refractivity (Wildman–Crippen MR) is 240 cm³/mol. The molecule has 0 amide bonds. The van der Waals surface area contributed by atoms with Crippen LogP contribution in [0.15, 0.2) is 102 Å². The number of esters is 2. The van der Waals surface area contributed by atoms with Gasteiger partial charge in [-0.25, -0.2) is 0 Å². The minimum atomic E-state index is -0.203. The molecule has 0 saturated carbocycles. The van der Waals surface area contributed by atoms with Crippen LogP contribution in [-0.2, 0) is 38.0 Å². The van der Waals surface area contributed by atoms with E-state index in [1.54, 1.807) is 0 Å². The molecule has 4 N–H and O–H groups in total. The molecule has 12 heteroatoms.